The molecule has 6 nitrogen and oxygen atoms in total. The van der Waals surface area contributed by atoms with Gasteiger partial charge in [0.2, 0.25) is 0 Å². The topological polar surface area (TPSA) is 81.3 Å². The maximum atomic E-state index is 12.6. The van der Waals surface area contributed by atoms with Gasteiger partial charge in [0.25, 0.3) is 11.5 Å². The van der Waals surface area contributed by atoms with Gasteiger partial charge in [-0.15, -0.1) is 0 Å². The second-order valence-electron chi connectivity index (χ2n) is 5.75. The summed E-state index contributed by atoms with van der Waals surface area (Å²) >= 11 is 0. The number of carbonyl (C=O) groups excluding carboxylic acids is 1. The summed E-state index contributed by atoms with van der Waals surface area (Å²) in [6, 6.07) is 7.86. The summed E-state index contributed by atoms with van der Waals surface area (Å²) in [6.45, 7) is 4.94. The first-order valence-corrected chi connectivity index (χ1v) is 7.45. The van der Waals surface area contributed by atoms with Crippen LogP contribution in [0.5, 0.6) is 0 Å². The van der Waals surface area contributed by atoms with Gasteiger partial charge in [0, 0.05) is 23.4 Å². The molecular weight excluding hydrogens is 296 g/mol. The van der Waals surface area contributed by atoms with Crippen LogP contribution in [0.3, 0.4) is 0 Å². The van der Waals surface area contributed by atoms with Gasteiger partial charge in [-0.2, -0.15) is 4.57 Å². The normalized spacial score (nSPS) is 13.6. The van der Waals surface area contributed by atoms with Gasteiger partial charge in [-0.05, 0) is 39.3 Å². The average molecular weight is 316 g/mol. The summed E-state index contributed by atoms with van der Waals surface area (Å²) in [4.78, 5) is 37.4. The Balaban J connectivity index is 2.60. The summed E-state index contributed by atoms with van der Waals surface area (Å²) in [5.74, 6) is -0.651. The fourth-order valence-corrected chi connectivity index (χ4v) is 2.51. The number of carbonyl (C=O) groups is 1. The Kier molecular flexibility index (Phi) is 4.95. The van der Waals surface area contributed by atoms with Gasteiger partial charge in [0.1, 0.15) is 0 Å². The van der Waals surface area contributed by atoms with Crippen molar-refractivity contribution in [3.8, 4) is 0 Å². The first-order valence-electron chi connectivity index (χ1n) is 7.45. The molecule has 0 saturated carbocycles. The molecule has 0 aliphatic carbocycles. The predicted molar refractivity (Wildman–Crippen MR) is 86.9 cm³/mol. The summed E-state index contributed by atoms with van der Waals surface area (Å²) in [5, 5.41) is 9.50. The zero-order valence-corrected chi connectivity index (χ0v) is 13.4. The number of hydrogen-bond donors (Lipinski definition) is 1. The lowest BCUT2D eigenvalue weighted by Crippen LogP contribution is -2.45. The van der Waals surface area contributed by atoms with Crippen molar-refractivity contribution in [2.45, 2.75) is 39.3 Å². The summed E-state index contributed by atoms with van der Waals surface area (Å²) in [5.41, 5.74) is -0.745. The highest BCUT2D eigenvalue weighted by molar-refractivity contribution is 5.95. The number of aliphatic hydroxyl groups excluding tert-OH is 1. The molecule has 1 aromatic heterocycles. The van der Waals surface area contributed by atoms with Crippen LogP contribution in [0.2, 0.25) is 0 Å². The number of aryl methyl sites for hydroxylation is 1. The molecule has 0 amide bonds. The van der Waals surface area contributed by atoms with Crippen molar-refractivity contribution in [3.63, 3.8) is 0 Å². The Labute approximate surface area is 133 Å². The lowest BCUT2D eigenvalue weighted by Gasteiger charge is -2.18. The van der Waals surface area contributed by atoms with Gasteiger partial charge in [0.15, 0.2) is 0 Å². The first kappa shape index (κ1) is 16.9. The minimum absolute atomic E-state index is 0.270. The Morgan fingerprint density at radius 1 is 1.17 bits per heavy atom. The Bertz CT molecular complexity index is 819. The third-order valence-corrected chi connectivity index (χ3v) is 3.67. The minimum atomic E-state index is -0.692. The molecule has 2 aromatic rings. The second kappa shape index (κ2) is 6.75. The number of aliphatic hydroxyl groups is 1. The molecule has 1 N–H and O–H groups in total. The van der Waals surface area contributed by atoms with Crippen LogP contribution in [0, 0.1) is 6.92 Å². The number of hydrogen-bond acceptors (Lipinski definition) is 4. The Morgan fingerprint density at radius 3 is 2.35 bits per heavy atom. The van der Waals surface area contributed by atoms with Crippen LogP contribution < -0.4 is 11.2 Å². The highest BCUT2D eigenvalue weighted by atomic mass is 16.3. The fourth-order valence-electron chi connectivity index (χ4n) is 2.51. The molecular formula is C17H20N2O4. The Morgan fingerprint density at radius 2 is 1.78 bits per heavy atom. The second-order valence-corrected chi connectivity index (χ2v) is 5.75. The molecule has 0 radical (unpaired) electrons. The quantitative estimate of drug-likeness (QED) is 0.923. The molecule has 0 aliphatic rings. The molecule has 0 saturated heterocycles. The third kappa shape index (κ3) is 3.48. The van der Waals surface area contributed by atoms with Crippen molar-refractivity contribution in [3.05, 3.63) is 68.5 Å². The zero-order valence-electron chi connectivity index (χ0n) is 13.4. The van der Waals surface area contributed by atoms with Gasteiger partial charge >= 0.3 is 5.69 Å². The van der Waals surface area contributed by atoms with Crippen molar-refractivity contribution in [1.29, 1.82) is 0 Å². The molecule has 2 unspecified atom stereocenters. The van der Waals surface area contributed by atoms with Crippen LogP contribution >= 0.6 is 0 Å². The molecule has 0 bridgehead atoms. The lowest BCUT2D eigenvalue weighted by atomic mass is 10.1. The number of aromatic nitrogens is 2. The van der Waals surface area contributed by atoms with Crippen LogP contribution in [-0.4, -0.2) is 26.3 Å². The SMILES string of the molecule is Cc1cn(C(C)CC(C)O)c(=O)n(C(=O)c2ccccc2)c1=O. The van der Waals surface area contributed by atoms with E-state index in [-0.39, 0.29) is 11.6 Å². The van der Waals surface area contributed by atoms with E-state index < -0.39 is 23.3 Å². The maximum Gasteiger partial charge on any atom is 0.338 e. The van der Waals surface area contributed by atoms with Crippen LogP contribution in [0.25, 0.3) is 0 Å². The summed E-state index contributed by atoms with van der Waals surface area (Å²) in [6.07, 6.45) is 1.19. The van der Waals surface area contributed by atoms with Gasteiger partial charge in [-0.1, -0.05) is 18.2 Å². The summed E-state index contributed by atoms with van der Waals surface area (Å²) < 4.78 is 1.98. The smallest absolute Gasteiger partial charge is 0.338 e. The molecule has 0 spiro atoms. The van der Waals surface area contributed by atoms with Crippen LogP contribution in [0.1, 0.15) is 42.2 Å². The van der Waals surface area contributed by atoms with Crippen LogP contribution in [-0.2, 0) is 0 Å². The summed E-state index contributed by atoms with van der Waals surface area (Å²) in [7, 11) is 0. The van der Waals surface area contributed by atoms with Gasteiger partial charge in [0.05, 0.1) is 6.10 Å². The molecule has 2 rings (SSSR count). The van der Waals surface area contributed by atoms with Crippen LogP contribution in [0.15, 0.2) is 46.1 Å². The maximum absolute atomic E-state index is 12.6. The van der Waals surface area contributed by atoms with E-state index in [1.54, 1.807) is 51.1 Å². The van der Waals surface area contributed by atoms with E-state index in [1.165, 1.54) is 10.8 Å². The van der Waals surface area contributed by atoms with Gasteiger partial charge < -0.3 is 5.11 Å². The molecule has 0 aliphatic heterocycles. The molecule has 2 atom stereocenters. The van der Waals surface area contributed by atoms with Crippen molar-refractivity contribution < 1.29 is 9.90 Å². The standard InChI is InChI=1S/C17H20N2O4/c1-11-10-18(12(2)9-13(3)20)17(23)19(15(11)21)16(22)14-7-5-4-6-8-14/h4-8,10,12-13,20H,9H2,1-3H3. The van der Waals surface area contributed by atoms with Crippen LogP contribution in [0.4, 0.5) is 0 Å². The van der Waals surface area contributed by atoms with Crippen molar-refractivity contribution >= 4 is 5.91 Å². The minimum Gasteiger partial charge on any atom is -0.393 e. The fraction of sp³-hybridized carbons (Fsp3) is 0.353. The van der Waals surface area contributed by atoms with E-state index in [9.17, 15) is 19.5 Å². The monoisotopic (exact) mass is 316 g/mol. The van der Waals surface area contributed by atoms with E-state index in [0.717, 1.165) is 0 Å². The lowest BCUT2D eigenvalue weighted by molar-refractivity contribution is 0.0946. The van der Waals surface area contributed by atoms with E-state index in [4.69, 9.17) is 0 Å². The number of benzene rings is 1. The highest BCUT2D eigenvalue weighted by Crippen LogP contribution is 2.11. The predicted octanol–water partition coefficient (Wildman–Crippen LogP) is 1.34. The number of nitrogens with zero attached hydrogens (tertiary/aromatic N) is 2. The van der Waals surface area contributed by atoms with Crippen molar-refractivity contribution in [2.24, 2.45) is 0 Å². The zero-order chi connectivity index (χ0) is 17.1. The largest absolute Gasteiger partial charge is 0.393 e. The molecule has 1 aromatic carbocycles. The van der Waals surface area contributed by atoms with E-state index >= 15 is 0 Å². The first-order chi connectivity index (χ1) is 10.8. The highest BCUT2D eigenvalue weighted by Gasteiger charge is 2.20. The van der Waals surface area contributed by atoms with Crippen molar-refractivity contribution in [2.75, 3.05) is 0 Å². The third-order valence-electron chi connectivity index (χ3n) is 3.67. The average Bonchev–Trinajstić information content (AvgIpc) is 2.51. The van der Waals surface area contributed by atoms with E-state index in [2.05, 4.69) is 0 Å². The van der Waals surface area contributed by atoms with E-state index in [1.807, 2.05) is 0 Å². The Hall–Kier alpha value is -2.47. The van der Waals surface area contributed by atoms with Gasteiger partial charge in [-0.3, -0.25) is 14.2 Å². The molecule has 122 valence electrons. The van der Waals surface area contributed by atoms with Crippen molar-refractivity contribution in [1.82, 2.24) is 9.13 Å². The molecule has 23 heavy (non-hydrogen) atoms. The molecule has 6 heteroatoms. The van der Waals surface area contributed by atoms with E-state index in [0.29, 0.717) is 16.6 Å². The molecule has 0 fully saturated rings. The number of rotatable bonds is 4. The molecule has 1 heterocycles. The van der Waals surface area contributed by atoms with Gasteiger partial charge in [-0.25, -0.2) is 4.79 Å².